The van der Waals surface area contributed by atoms with Gasteiger partial charge in [0.1, 0.15) is 18.3 Å². The summed E-state index contributed by atoms with van der Waals surface area (Å²) in [5.74, 6) is -3.95. The lowest BCUT2D eigenvalue weighted by atomic mass is 9.96. The lowest BCUT2D eigenvalue weighted by Gasteiger charge is -2.48. The van der Waals surface area contributed by atoms with Crippen molar-refractivity contribution in [3.63, 3.8) is 0 Å². The van der Waals surface area contributed by atoms with E-state index in [-0.39, 0.29) is 6.61 Å². The SMILES string of the molecule is CC(=O)O[C@@H]1[C@@H](OC(C)=O)[C@H](O[C@@H](C#N)c2ccccc2)O[C@H](CO[C@@H]2O[C@@H]3CO[C@@H](c4ccccc4)O[C@H]3[C@H](OC(C)=O)[C@H]2OC(C)=O)[C@H]1OC(C)=O. The van der Waals surface area contributed by atoms with Gasteiger partial charge in [0, 0.05) is 40.2 Å². The largest absolute Gasteiger partial charge is 0.456 e. The monoisotopic (exact) mass is 755 g/mol. The number of ether oxygens (including phenoxy) is 11. The van der Waals surface area contributed by atoms with Gasteiger partial charge in [0.2, 0.25) is 6.29 Å². The van der Waals surface area contributed by atoms with Crippen LogP contribution in [0.4, 0.5) is 0 Å². The molecular formula is C37H41NO16. The molecule has 0 aliphatic carbocycles. The third kappa shape index (κ3) is 10.2. The number of carbonyl (C=O) groups excluding carboxylic acids is 5. The second-order valence-corrected chi connectivity index (χ2v) is 12.5. The molecule has 290 valence electrons. The Labute approximate surface area is 310 Å². The first-order valence-corrected chi connectivity index (χ1v) is 17.0. The highest BCUT2D eigenvalue weighted by molar-refractivity contribution is 5.69. The predicted octanol–water partition coefficient (Wildman–Crippen LogP) is 2.51. The van der Waals surface area contributed by atoms with Crippen LogP contribution >= 0.6 is 0 Å². The van der Waals surface area contributed by atoms with Crippen molar-refractivity contribution >= 4 is 29.8 Å². The van der Waals surface area contributed by atoms with E-state index in [9.17, 15) is 29.2 Å². The summed E-state index contributed by atoms with van der Waals surface area (Å²) in [5, 5.41) is 10.0. The average molecular weight is 756 g/mol. The molecule has 0 N–H and O–H groups in total. The molecule has 3 saturated heterocycles. The van der Waals surface area contributed by atoms with Crippen molar-refractivity contribution in [1.82, 2.24) is 0 Å². The van der Waals surface area contributed by atoms with E-state index in [4.69, 9.17) is 52.1 Å². The fourth-order valence-electron chi connectivity index (χ4n) is 6.34. The number of hydrogen-bond donors (Lipinski definition) is 0. The van der Waals surface area contributed by atoms with Gasteiger partial charge in [-0.05, 0) is 5.56 Å². The smallest absolute Gasteiger partial charge is 0.303 e. The zero-order valence-electron chi connectivity index (χ0n) is 30.1. The Bertz CT molecular complexity index is 1670. The van der Waals surface area contributed by atoms with Crippen molar-refractivity contribution in [2.24, 2.45) is 0 Å². The molecule has 0 radical (unpaired) electrons. The fourth-order valence-corrected chi connectivity index (χ4v) is 6.34. The Morgan fingerprint density at radius 3 is 1.76 bits per heavy atom. The first-order valence-electron chi connectivity index (χ1n) is 17.0. The van der Waals surface area contributed by atoms with Crippen molar-refractivity contribution < 1.29 is 76.1 Å². The lowest BCUT2D eigenvalue weighted by Crippen LogP contribution is -2.65. The van der Waals surface area contributed by atoms with Crippen LogP contribution in [-0.4, -0.2) is 104 Å². The molecule has 0 bridgehead atoms. The maximum absolute atomic E-state index is 12.4. The Morgan fingerprint density at radius 1 is 0.667 bits per heavy atom. The quantitative estimate of drug-likeness (QED) is 0.225. The minimum absolute atomic E-state index is 0.0474. The Balaban J connectivity index is 1.46. The van der Waals surface area contributed by atoms with Gasteiger partial charge >= 0.3 is 29.8 Å². The molecule has 3 aliphatic heterocycles. The molecule has 0 amide bonds. The number of rotatable bonds is 12. The van der Waals surface area contributed by atoms with Gasteiger partial charge in [-0.2, -0.15) is 5.26 Å². The van der Waals surface area contributed by atoms with Crippen LogP contribution < -0.4 is 0 Å². The minimum atomic E-state index is -1.59. The first kappa shape index (κ1) is 40.2. The van der Waals surface area contributed by atoms with E-state index in [0.29, 0.717) is 11.1 Å². The minimum Gasteiger partial charge on any atom is -0.456 e. The molecule has 2 aromatic rings. The van der Waals surface area contributed by atoms with Crippen LogP contribution in [0.15, 0.2) is 60.7 Å². The summed E-state index contributed by atoms with van der Waals surface area (Å²) in [7, 11) is 0. The van der Waals surface area contributed by atoms with Crippen molar-refractivity contribution in [3.05, 3.63) is 71.8 Å². The van der Waals surface area contributed by atoms with Gasteiger partial charge in [0.25, 0.3) is 0 Å². The van der Waals surface area contributed by atoms with Crippen molar-refractivity contribution in [3.8, 4) is 6.07 Å². The molecular weight excluding hydrogens is 714 g/mol. The Kier molecular flexibility index (Phi) is 13.7. The van der Waals surface area contributed by atoms with Crippen LogP contribution in [0.1, 0.15) is 58.1 Å². The normalized spacial score (nSPS) is 31.0. The summed E-state index contributed by atoms with van der Waals surface area (Å²) in [6.45, 7) is 5.03. The topological polar surface area (TPSA) is 211 Å². The highest BCUT2D eigenvalue weighted by atomic mass is 16.8. The summed E-state index contributed by atoms with van der Waals surface area (Å²) < 4.78 is 64.7. The van der Waals surface area contributed by atoms with Gasteiger partial charge in [0.05, 0.1) is 19.3 Å². The van der Waals surface area contributed by atoms with Crippen LogP contribution in [0.3, 0.4) is 0 Å². The third-order valence-corrected chi connectivity index (χ3v) is 8.37. The predicted molar refractivity (Wildman–Crippen MR) is 177 cm³/mol. The molecule has 3 aliphatic rings. The van der Waals surface area contributed by atoms with Gasteiger partial charge < -0.3 is 52.1 Å². The van der Waals surface area contributed by atoms with E-state index in [2.05, 4.69) is 0 Å². The molecule has 54 heavy (non-hydrogen) atoms. The van der Waals surface area contributed by atoms with E-state index in [0.717, 1.165) is 27.7 Å². The molecule has 17 nitrogen and oxygen atoms in total. The highest BCUT2D eigenvalue weighted by Crippen LogP contribution is 2.38. The first-order chi connectivity index (χ1) is 25.8. The van der Waals surface area contributed by atoms with Crippen molar-refractivity contribution in [1.29, 1.82) is 5.26 Å². The van der Waals surface area contributed by atoms with Crippen LogP contribution in [0.2, 0.25) is 0 Å². The number of nitriles is 1. The summed E-state index contributed by atoms with van der Waals surface area (Å²) in [4.78, 5) is 62.0. The van der Waals surface area contributed by atoms with Gasteiger partial charge in [-0.3, -0.25) is 24.0 Å². The van der Waals surface area contributed by atoms with Gasteiger partial charge in [0.15, 0.2) is 49.2 Å². The lowest BCUT2D eigenvalue weighted by molar-refractivity contribution is -0.369. The van der Waals surface area contributed by atoms with Crippen LogP contribution in [0, 0.1) is 11.3 Å². The standard InChI is InChI=1S/C37H41NO16/c1-19(39)46-29-27(53-37(34(50-23(5)43)31(29)47-20(2)40)51-26(16-38)24-12-8-6-9-13-24)18-45-36-33(49-22(4)42)32(48-21(3)41)30-28(52-36)17-44-35(54-30)25-14-10-7-11-15-25/h6-15,26-37H,17-18H2,1-5H3/t26-,27+,28+,29+,30+,31-,32-,33+,34+,35+,36+,37+/m0/s1. The zero-order chi connectivity index (χ0) is 38.9. The number of carbonyl (C=O) groups is 5. The number of hydrogen-bond acceptors (Lipinski definition) is 17. The van der Waals surface area contributed by atoms with Crippen molar-refractivity contribution in [2.75, 3.05) is 13.2 Å². The fraction of sp³-hybridized carbons (Fsp3) is 0.514. The summed E-state index contributed by atoms with van der Waals surface area (Å²) in [6.07, 6.45) is -15.6. The summed E-state index contributed by atoms with van der Waals surface area (Å²) in [5.41, 5.74) is 1.12. The number of benzene rings is 2. The van der Waals surface area contributed by atoms with Gasteiger partial charge in [-0.15, -0.1) is 0 Å². The van der Waals surface area contributed by atoms with E-state index >= 15 is 0 Å². The number of nitrogens with zero attached hydrogens (tertiary/aromatic N) is 1. The average Bonchev–Trinajstić information content (AvgIpc) is 3.12. The molecule has 0 unspecified atom stereocenters. The van der Waals surface area contributed by atoms with Crippen LogP contribution in [0.25, 0.3) is 0 Å². The van der Waals surface area contributed by atoms with Crippen molar-refractivity contribution in [2.45, 2.75) is 108 Å². The molecule has 0 spiro atoms. The molecule has 0 saturated carbocycles. The summed E-state index contributed by atoms with van der Waals surface area (Å²) >= 11 is 0. The molecule has 5 rings (SSSR count). The molecule has 17 heteroatoms. The number of esters is 5. The molecule has 0 aromatic heterocycles. The molecule has 3 fully saturated rings. The van der Waals surface area contributed by atoms with Crippen LogP contribution in [0.5, 0.6) is 0 Å². The van der Waals surface area contributed by atoms with Gasteiger partial charge in [-0.25, -0.2) is 0 Å². The second kappa shape index (κ2) is 18.4. The Hall–Kier alpha value is -4.96. The second-order valence-electron chi connectivity index (χ2n) is 12.5. The van der Waals surface area contributed by atoms with E-state index in [1.54, 1.807) is 54.6 Å². The highest BCUT2D eigenvalue weighted by Gasteiger charge is 2.56. The zero-order valence-corrected chi connectivity index (χ0v) is 30.1. The molecule has 2 aromatic carbocycles. The van der Waals surface area contributed by atoms with E-state index in [1.807, 2.05) is 12.1 Å². The van der Waals surface area contributed by atoms with Gasteiger partial charge in [-0.1, -0.05) is 60.7 Å². The number of fused-ring (bicyclic) bond motifs is 1. The maximum atomic E-state index is 12.4. The van der Waals surface area contributed by atoms with Crippen LogP contribution in [-0.2, 0) is 76.1 Å². The summed E-state index contributed by atoms with van der Waals surface area (Å²) in [6, 6.07) is 19.4. The molecule has 12 atom stereocenters. The third-order valence-electron chi connectivity index (χ3n) is 8.37. The maximum Gasteiger partial charge on any atom is 0.303 e. The van der Waals surface area contributed by atoms with E-state index < -0.39 is 110 Å². The van der Waals surface area contributed by atoms with E-state index in [1.165, 1.54) is 6.92 Å². The Morgan fingerprint density at radius 2 is 1.19 bits per heavy atom. The molecule has 3 heterocycles.